The van der Waals surface area contributed by atoms with Gasteiger partial charge in [0, 0.05) is 0 Å². The molecule has 0 aliphatic heterocycles. The van der Waals surface area contributed by atoms with Crippen LogP contribution in [0, 0.1) is 6.92 Å². The molecule has 0 aliphatic carbocycles. The van der Waals surface area contributed by atoms with Gasteiger partial charge in [0.25, 0.3) is 0 Å². The lowest BCUT2D eigenvalue weighted by Gasteiger charge is -2.04. The Morgan fingerprint density at radius 2 is 2.00 bits per heavy atom. The number of phenols is 1. The predicted octanol–water partition coefficient (Wildman–Crippen LogP) is 0.609. The Bertz CT molecular complexity index is 411. The number of rotatable bonds is 2. The van der Waals surface area contributed by atoms with Crippen molar-refractivity contribution in [1.29, 1.82) is 0 Å². The molecule has 72 valence electrons. The van der Waals surface area contributed by atoms with E-state index in [0.29, 0.717) is 5.56 Å². The van der Waals surface area contributed by atoms with E-state index in [2.05, 4.69) is 4.72 Å². The van der Waals surface area contributed by atoms with Crippen LogP contribution in [0.5, 0.6) is 5.75 Å². The molecule has 4 nitrogen and oxygen atoms in total. The van der Waals surface area contributed by atoms with Crippen LogP contribution in [0.3, 0.4) is 0 Å². The Balaban J connectivity index is 3.27. The van der Waals surface area contributed by atoms with Crippen molar-refractivity contribution in [2.45, 2.75) is 11.8 Å². The molecular formula is C8H11NO3S. The summed E-state index contributed by atoms with van der Waals surface area (Å²) in [6.07, 6.45) is 0. The molecule has 1 rings (SSSR count). The van der Waals surface area contributed by atoms with Gasteiger partial charge in [0.15, 0.2) is 0 Å². The number of aromatic hydroxyl groups is 1. The Kier molecular flexibility index (Phi) is 2.58. The molecule has 0 spiro atoms. The topological polar surface area (TPSA) is 66.4 Å². The molecule has 0 unspecified atom stereocenters. The van der Waals surface area contributed by atoms with E-state index < -0.39 is 10.0 Å². The molecule has 1 aromatic carbocycles. The first-order chi connectivity index (χ1) is 5.97. The van der Waals surface area contributed by atoms with Gasteiger partial charge in [-0.1, -0.05) is 0 Å². The summed E-state index contributed by atoms with van der Waals surface area (Å²) in [6.45, 7) is 1.64. The van der Waals surface area contributed by atoms with Crippen LogP contribution in [0.25, 0.3) is 0 Å². The van der Waals surface area contributed by atoms with Crippen LogP contribution in [0.4, 0.5) is 0 Å². The highest BCUT2D eigenvalue weighted by atomic mass is 32.2. The lowest BCUT2D eigenvalue weighted by atomic mass is 10.2. The summed E-state index contributed by atoms with van der Waals surface area (Å²) >= 11 is 0. The van der Waals surface area contributed by atoms with E-state index in [9.17, 15) is 8.42 Å². The van der Waals surface area contributed by atoms with Gasteiger partial charge in [-0.15, -0.1) is 0 Å². The smallest absolute Gasteiger partial charge is 0.240 e. The third-order valence-corrected chi connectivity index (χ3v) is 3.16. The van der Waals surface area contributed by atoms with E-state index in [1.165, 1.54) is 25.2 Å². The Morgan fingerprint density at radius 3 is 2.46 bits per heavy atom. The number of hydrogen-bond donors (Lipinski definition) is 2. The van der Waals surface area contributed by atoms with Crippen LogP contribution in [-0.4, -0.2) is 20.6 Å². The van der Waals surface area contributed by atoms with Crippen molar-refractivity contribution < 1.29 is 13.5 Å². The summed E-state index contributed by atoms with van der Waals surface area (Å²) in [5.74, 6) is 0.0926. The second-order valence-electron chi connectivity index (χ2n) is 2.66. The van der Waals surface area contributed by atoms with Crippen LogP contribution in [0.2, 0.25) is 0 Å². The maximum Gasteiger partial charge on any atom is 0.240 e. The summed E-state index contributed by atoms with van der Waals surface area (Å²) < 4.78 is 24.7. The van der Waals surface area contributed by atoms with Gasteiger partial charge < -0.3 is 5.11 Å². The van der Waals surface area contributed by atoms with Crippen molar-refractivity contribution in [2.24, 2.45) is 0 Å². The first-order valence-electron chi connectivity index (χ1n) is 3.70. The summed E-state index contributed by atoms with van der Waals surface area (Å²) in [6, 6.07) is 4.13. The third kappa shape index (κ3) is 1.99. The largest absolute Gasteiger partial charge is 0.508 e. The van der Waals surface area contributed by atoms with Crippen molar-refractivity contribution in [3.63, 3.8) is 0 Å². The SMILES string of the molecule is CNS(=O)(=O)c1ccc(O)c(C)c1. The van der Waals surface area contributed by atoms with Gasteiger partial charge in [-0.2, -0.15) is 0 Å². The van der Waals surface area contributed by atoms with Gasteiger partial charge in [-0.25, -0.2) is 13.1 Å². The third-order valence-electron chi connectivity index (χ3n) is 1.75. The number of sulfonamides is 1. The molecule has 0 saturated carbocycles. The lowest BCUT2D eigenvalue weighted by molar-refractivity contribution is 0.470. The quantitative estimate of drug-likeness (QED) is 0.736. The second kappa shape index (κ2) is 3.35. The van der Waals surface area contributed by atoms with Gasteiger partial charge in [-0.3, -0.25) is 0 Å². The van der Waals surface area contributed by atoms with E-state index in [-0.39, 0.29) is 10.6 Å². The maximum atomic E-state index is 11.3. The fourth-order valence-electron chi connectivity index (χ4n) is 0.913. The molecule has 5 heteroatoms. The van der Waals surface area contributed by atoms with Crippen molar-refractivity contribution in [2.75, 3.05) is 7.05 Å². The molecule has 0 radical (unpaired) electrons. The molecular weight excluding hydrogens is 190 g/mol. The van der Waals surface area contributed by atoms with Gasteiger partial charge >= 0.3 is 0 Å². The predicted molar refractivity (Wildman–Crippen MR) is 49.1 cm³/mol. The first-order valence-corrected chi connectivity index (χ1v) is 5.19. The van der Waals surface area contributed by atoms with Crippen molar-refractivity contribution in [3.8, 4) is 5.75 Å². The molecule has 0 amide bonds. The molecule has 0 aromatic heterocycles. The monoisotopic (exact) mass is 201 g/mol. The Hall–Kier alpha value is -1.07. The number of hydrogen-bond acceptors (Lipinski definition) is 3. The first kappa shape index (κ1) is 10.0. The highest BCUT2D eigenvalue weighted by Gasteiger charge is 2.11. The number of aryl methyl sites for hydroxylation is 1. The van der Waals surface area contributed by atoms with Crippen LogP contribution >= 0.6 is 0 Å². The number of benzene rings is 1. The summed E-state index contributed by atoms with van der Waals surface area (Å²) in [5.41, 5.74) is 0.538. The van der Waals surface area contributed by atoms with Crippen LogP contribution in [-0.2, 0) is 10.0 Å². The van der Waals surface area contributed by atoms with Crippen molar-refractivity contribution >= 4 is 10.0 Å². The normalized spacial score (nSPS) is 11.5. The standard InChI is InChI=1S/C8H11NO3S/c1-6-5-7(3-4-8(6)10)13(11,12)9-2/h3-5,9-10H,1-2H3. The fourth-order valence-corrected chi connectivity index (χ4v) is 1.73. The molecule has 1 aromatic rings. The van der Waals surface area contributed by atoms with E-state index in [4.69, 9.17) is 5.11 Å². The molecule has 0 fully saturated rings. The van der Waals surface area contributed by atoms with E-state index >= 15 is 0 Å². The van der Waals surface area contributed by atoms with Crippen LogP contribution in [0.15, 0.2) is 23.1 Å². The van der Waals surface area contributed by atoms with E-state index in [1.807, 2.05) is 0 Å². The zero-order valence-electron chi connectivity index (χ0n) is 7.40. The van der Waals surface area contributed by atoms with Gasteiger partial charge in [0.1, 0.15) is 5.75 Å². The maximum absolute atomic E-state index is 11.3. The molecule has 13 heavy (non-hydrogen) atoms. The van der Waals surface area contributed by atoms with Gasteiger partial charge in [0.2, 0.25) is 10.0 Å². The molecule has 0 aliphatic rings. The van der Waals surface area contributed by atoms with E-state index in [1.54, 1.807) is 6.92 Å². The minimum absolute atomic E-state index is 0.0926. The van der Waals surface area contributed by atoms with Gasteiger partial charge in [0.05, 0.1) is 4.90 Å². The molecule has 2 N–H and O–H groups in total. The zero-order valence-corrected chi connectivity index (χ0v) is 8.22. The highest BCUT2D eigenvalue weighted by Crippen LogP contribution is 2.19. The molecule has 0 bridgehead atoms. The van der Waals surface area contributed by atoms with Gasteiger partial charge in [-0.05, 0) is 37.7 Å². The molecule has 0 atom stereocenters. The van der Waals surface area contributed by atoms with Crippen LogP contribution in [0.1, 0.15) is 5.56 Å². The minimum atomic E-state index is -3.40. The lowest BCUT2D eigenvalue weighted by Crippen LogP contribution is -2.18. The van der Waals surface area contributed by atoms with Crippen molar-refractivity contribution in [3.05, 3.63) is 23.8 Å². The number of phenolic OH excluding ortho intramolecular Hbond substituents is 1. The minimum Gasteiger partial charge on any atom is -0.508 e. The van der Waals surface area contributed by atoms with Crippen LogP contribution < -0.4 is 4.72 Å². The Morgan fingerprint density at radius 1 is 1.38 bits per heavy atom. The second-order valence-corrected chi connectivity index (χ2v) is 4.54. The van der Waals surface area contributed by atoms with Crippen molar-refractivity contribution in [1.82, 2.24) is 4.72 Å². The zero-order chi connectivity index (χ0) is 10.1. The Labute approximate surface area is 77.3 Å². The summed E-state index contributed by atoms with van der Waals surface area (Å²) in [4.78, 5) is 0.158. The number of nitrogens with one attached hydrogen (secondary N) is 1. The summed E-state index contributed by atoms with van der Waals surface area (Å²) in [7, 11) is -2.05. The molecule has 0 heterocycles. The average Bonchev–Trinajstić information content (AvgIpc) is 2.09. The fraction of sp³-hybridized carbons (Fsp3) is 0.250. The highest BCUT2D eigenvalue weighted by molar-refractivity contribution is 7.89. The van der Waals surface area contributed by atoms with E-state index in [0.717, 1.165) is 0 Å². The summed E-state index contributed by atoms with van der Waals surface area (Å²) in [5, 5.41) is 9.17. The molecule has 0 saturated heterocycles. The average molecular weight is 201 g/mol.